The largest absolute Gasteiger partial charge is 0.497 e. The van der Waals surface area contributed by atoms with Crippen LogP contribution in [0.25, 0.3) is 0 Å². The Morgan fingerprint density at radius 2 is 1.56 bits per heavy atom. The molecule has 3 aromatic carbocycles. The smallest absolute Gasteiger partial charge is 0.119 e. The summed E-state index contributed by atoms with van der Waals surface area (Å²) < 4.78 is 17.1. The number of benzene rings is 3. The SMILES string of the molecule is COc1cccc(C2CCc3cc(OC)ccc3N2Cc2ccc(OCCN3CCCCC3)cc2)c1. The van der Waals surface area contributed by atoms with Gasteiger partial charge in [-0.2, -0.15) is 0 Å². The molecule has 1 unspecified atom stereocenters. The van der Waals surface area contributed by atoms with E-state index < -0.39 is 0 Å². The Morgan fingerprint density at radius 3 is 2.33 bits per heavy atom. The van der Waals surface area contributed by atoms with Crippen LogP contribution in [-0.2, 0) is 13.0 Å². The molecule has 5 heteroatoms. The highest BCUT2D eigenvalue weighted by atomic mass is 16.5. The van der Waals surface area contributed by atoms with Crippen molar-refractivity contribution in [3.63, 3.8) is 0 Å². The van der Waals surface area contributed by atoms with E-state index in [1.54, 1.807) is 14.2 Å². The first kappa shape index (κ1) is 24.5. The third-order valence-corrected chi connectivity index (χ3v) is 7.54. The number of fused-ring (bicyclic) bond motifs is 1. The molecule has 36 heavy (non-hydrogen) atoms. The lowest BCUT2D eigenvalue weighted by Gasteiger charge is -2.39. The summed E-state index contributed by atoms with van der Waals surface area (Å²) in [7, 11) is 3.47. The van der Waals surface area contributed by atoms with Gasteiger partial charge >= 0.3 is 0 Å². The lowest BCUT2D eigenvalue weighted by molar-refractivity contribution is 0.183. The molecule has 2 heterocycles. The summed E-state index contributed by atoms with van der Waals surface area (Å²) in [6.07, 6.45) is 6.07. The van der Waals surface area contributed by atoms with Crippen molar-refractivity contribution < 1.29 is 14.2 Å². The molecule has 0 bridgehead atoms. The zero-order valence-corrected chi connectivity index (χ0v) is 21.6. The molecular weight excluding hydrogens is 448 g/mol. The molecule has 1 atom stereocenters. The number of anilines is 1. The summed E-state index contributed by atoms with van der Waals surface area (Å²) >= 11 is 0. The van der Waals surface area contributed by atoms with Crippen molar-refractivity contribution in [3.05, 3.63) is 83.4 Å². The highest BCUT2D eigenvalue weighted by Gasteiger charge is 2.28. The van der Waals surface area contributed by atoms with Crippen LogP contribution in [0.4, 0.5) is 5.69 Å². The minimum Gasteiger partial charge on any atom is -0.497 e. The van der Waals surface area contributed by atoms with Crippen molar-refractivity contribution in [2.24, 2.45) is 0 Å². The molecule has 0 aliphatic carbocycles. The van der Waals surface area contributed by atoms with Gasteiger partial charge in [-0.1, -0.05) is 30.7 Å². The summed E-state index contributed by atoms with van der Waals surface area (Å²) in [5.41, 5.74) is 5.17. The molecule has 1 saturated heterocycles. The first-order valence-corrected chi connectivity index (χ1v) is 13.2. The summed E-state index contributed by atoms with van der Waals surface area (Å²) in [5.74, 6) is 2.77. The number of likely N-dealkylation sites (tertiary alicyclic amines) is 1. The Morgan fingerprint density at radius 1 is 0.806 bits per heavy atom. The second-order valence-electron chi connectivity index (χ2n) is 9.85. The molecule has 5 rings (SSSR count). The number of rotatable bonds is 9. The Hall–Kier alpha value is -3.18. The van der Waals surface area contributed by atoms with Gasteiger partial charge in [-0.15, -0.1) is 0 Å². The van der Waals surface area contributed by atoms with E-state index in [-0.39, 0.29) is 6.04 Å². The van der Waals surface area contributed by atoms with Gasteiger partial charge in [-0.25, -0.2) is 0 Å². The number of aryl methyl sites for hydroxylation is 1. The molecule has 2 aliphatic heterocycles. The van der Waals surface area contributed by atoms with Crippen LogP contribution < -0.4 is 19.1 Å². The van der Waals surface area contributed by atoms with Crippen molar-refractivity contribution >= 4 is 5.69 Å². The average Bonchev–Trinajstić information content (AvgIpc) is 2.94. The van der Waals surface area contributed by atoms with Crippen molar-refractivity contribution in [1.29, 1.82) is 0 Å². The molecule has 3 aromatic rings. The predicted octanol–water partition coefficient (Wildman–Crippen LogP) is 6.26. The highest BCUT2D eigenvalue weighted by Crippen LogP contribution is 2.41. The first-order chi connectivity index (χ1) is 17.7. The van der Waals surface area contributed by atoms with Crippen molar-refractivity contribution in [3.8, 4) is 17.2 Å². The molecule has 0 amide bonds. The molecular formula is C31H38N2O3. The number of hydrogen-bond acceptors (Lipinski definition) is 5. The molecule has 0 radical (unpaired) electrons. The second kappa shape index (κ2) is 11.7. The summed E-state index contributed by atoms with van der Waals surface area (Å²) in [6, 6.07) is 23.9. The predicted molar refractivity (Wildman–Crippen MR) is 145 cm³/mol. The Kier molecular flexibility index (Phi) is 7.97. The van der Waals surface area contributed by atoms with E-state index in [1.165, 1.54) is 54.7 Å². The Labute approximate surface area is 215 Å². The maximum atomic E-state index is 6.07. The topological polar surface area (TPSA) is 34.2 Å². The minimum absolute atomic E-state index is 0.279. The average molecular weight is 487 g/mol. The van der Waals surface area contributed by atoms with Crippen molar-refractivity contribution in [2.45, 2.75) is 44.7 Å². The van der Waals surface area contributed by atoms with Crippen LogP contribution in [0.15, 0.2) is 66.7 Å². The summed E-state index contributed by atoms with van der Waals surface area (Å²) in [5, 5.41) is 0. The van der Waals surface area contributed by atoms with Gasteiger partial charge in [0.2, 0.25) is 0 Å². The van der Waals surface area contributed by atoms with Gasteiger partial charge in [0.1, 0.15) is 23.9 Å². The van der Waals surface area contributed by atoms with E-state index in [4.69, 9.17) is 14.2 Å². The number of methoxy groups -OCH3 is 2. The monoisotopic (exact) mass is 486 g/mol. The van der Waals surface area contributed by atoms with Gasteiger partial charge in [-0.05, 0) is 97.9 Å². The van der Waals surface area contributed by atoms with Crippen molar-refractivity contribution in [1.82, 2.24) is 4.90 Å². The molecule has 0 aromatic heterocycles. The molecule has 1 fully saturated rings. The zero-order chi connectivity index (χ0) is 24.7. The number of ether oxygens (including phenoxy) is 3. The maximum absolute atomic E-state index is 6.07. The van der Waals surface area contributed by atoms with Crippen LogP contribution in [0.2, 0.25) is 0 Å². The fraction of sp³-hybridized carbons (Fsp3) is 0.419. The molecule has 0 saturated carbocycles. The lowest BCUT2D eigenvalue weighted by Crippen LogP contribution is -2.33. The van der Waals surface area contributed by atoms with E-state index >= 15 is 0 Å². The van der Waals surface area contributed by atoms with E-state index in [0.717, 1.165) is 49.8 Å². The van der Waals surface area contributed by atoms with E-state index in [0.29, 0.717) is 0 Å². The number of nitrogens with zero attached hydrogens (tertiary/aromatic N) is 2. The molecule has 2 aliphatic rings. The van der Waals surface area contributed by atoms with Crippen LogP contribution in [0.5, 0.6) is 17.2 Å². The number of piperidine rings is 1. The Bertz CT molecular complexity index is 1120. The Balaban J connectivity index is 1.32. The third-order valence-electron chi connectivity index (χ3n) is 7.54. The van der Waals surface area contributed by atoms with Gasteiger partial charge in [0.05, 0.1) is 20.3 Å². The molecule has 5 nitrogen and oxygen atoms in total. The standard InChI is InChI=1S/C31H38N2O3/c1-34-28-8-6-7-25(21-28)30-15-11-26-22-29(35-2)14-16-31(26)33(30)23-24-9-12-27(13-10-24)36-20-19-32-17-4-3-5-18-32/h6-10,12-14,16,21-22,30H,3-5,11,15,17-20,23H2,1-2H3. The molecule has 0 N–H and O–H groups in total. The van der Waals surface area contributed by atoms with Gasteiger partial charge in [0.25, 0.3) is 0 Å². The fourth-order valence-corrected chi connectivity index (χ4v) is 5.54. The molecule has 190 valence electrons. The number of hydrogen-bond donors (Lipinski definition) is 0. The lowest BCUT2D eigenvalue weighted by atomic mass is 9.90. The maximum Gasteiger partial charge on any atom is 0.119 e. The van der Waals surface area contributed by atoms with Gasteiger partial charge in [0, 0.05) is 18.8 Å². The zero-order valence-electron chi connectivity index (χ0n) is 21.6. The second-order valence-corrected chi connectivity index (χ2v) is 9.85. The quantitative estimate of drug-likeness (QED) is 0.356. The van der Waals surface area contributed by atoms with Crippen LogP contribution in [-0.4, -0.2) is 45.4 Å². The van der Waals surface area contributed by atoms with Gasteiger partial charge < -0.3 is 19.1 Å². The van der Waals surface area contributed by atoms with Crippen LogP contribution in [0.3, 0.4) is 0 Å². The van der Waals surface area contributed by atoms with Crippen LogP contribution in [0.1, 0.15) is 48.4 Å². The van der Waals surface area contributed by atoms with Crippen LogP contribution >= 0.6 is 0 Å². The third kappa shape index (κ3) is 5.79. The van der Waals surface area contributed by atoms with E-state index in [2.05, 4.69) is 70.5 Å². The van der Waals surface area contributed by atoms with E-state index in [1.807, 2.05) is 6.07 Å². The summed E-state index contributed by atoms with van der Waals surface area (Å²) in [6.45, 7) is 5.01. The highest BCUT2D eigenvalue weighted by molar-refractivity contribution is 5.60. The summed E-state index contributed by atoms with van der Waals surface area (Å²) in [4.78, 5) is 5.04. The fourth-order valence-electron chi connectivity index (χ4n) is 5.54. The molecule has 0 spiro atoms. The minimum atomic E-state index is 0.279. The normalized spacial score (nSPS) is 17.9. The van der Waals surface area contributed by atoms with Gasteiger partial charge in [-0.3, -0.25) is 4.90 Å². The van der Waals surface area contributed by atoms with E-state index in [9.17, 15) is 0 Å². The first-order valence-electron chi connectivity index (χ1n) is 13.2. The van der Waals surface area contributed by atoms with Crippen LogP contribution in [0, 0.1) is 0 Å². The van der Waals surface area contributed by atoms with Gasteiger partial charge in [0.15, 0.2) is 0 Å². The van der Waals surface area contributed by atoms with Crippen molar-refractivity contribution in [2.75, 3.05) is 45.4 Å².